The van der Waals surface area contributed by atoms with Gasteiger partial charge in [0.1, 0.15) is 5.75 Å². The van der Waals surface area contributed by atoms with E-state index in [2.05, 4.69) is 29.9 Å². The summed E-state index contributed by atoms with van der Waals surface area (Å²) in [5, 5.41) is 0. The van der Waals surface area contributed by atoms with Gasteiger partial charge in [0.05, 0.1) is 13.3 Å². The van der Waals surface area contributed by atoms with Crippen LogP contribution in [-0.2, 0) is 0 Å². The molecular formula is C12H19N3O. The fourth-order valence-electron chi connectivity index (χ4n) is 2.25. The molecule has 1 aliphatic heterocycles. The van der Waals surface area contributed by atoms with Crippen molar-refractivity contribution in [2.45, 2.75) is 31.5 Å². The van der Waals surface area contributed by atoms with Crippen LogP contribution in [0.3, 0.4) is 0 Å². The van der Waals surface area contributed by atoms with Gasteiger partial charge in [-0.1, -0.05) is 19.1 Å². The molecule has 88 valence electrons. The van der Waals surface area contributed by atoms with Crippen LogP contribution in [-0.4, -0.2) is 19.3 Å². The second-order valence-electron chi connectivity index (χ2n) is 4.13. The van der Waals surface area contributed by atoms with Gasteiger partial charge in [-0.05, 0) is 24.1 Å². The molecule has 1 aromatic rings. The summed E-state index contributed by atoms with van der Waals surface area (Å²) >= 11 is 0. The number of nitrogens with two attached hydrogens (primary N) is 1. The van der Waals surface area contributed by atoms with Gasteiger partial charge in [0.25, 0.3) is 0 Å². The van der Waals surface area contributed by atoms with Crippen molar-refractivity contribution >= 4 is 0 Å². The predicted molar refractivity (Wildman–Crippen MR) is 64.1 cm³/mol. The van der Waals surface area contributed by atoms with Crippen LogP contribution in [0, 0.1) is 0 Å². The van der Waals surface area contributed by atoms with Gasteiger partial charge in [0.15, 0.2) is 0 Å². The topological polar surface area (TPSA) is 59.3 Å². The van der Waals surface area contributed by atoms with E-state index in [0.717, 1.165) is 12.2 Å². The van der Waals surface area contributed by atoms with Gasteiger partial charge < -0.3 is 10.5 Å². The maximum atomic E-state index is 6.04. The molecule has 16 heavy (non-hydrogen) atoms. The number of methoxy groups -OCH3 is 1. The third-order valence-electron chi connectivity index (χ3n) is 3.20. The molecule has 4 nitrogen and oxygen atoms in total. The lowest BCUT2D eigenvalue weighted by Gasteiger charge is -2.20. The van der Waals surface area contributed by atoms with Gasteiger partial charge in [0.2, 0.25) is 0 Å². The van der Waals surface area contributed by atoms with E-state index in [9.17, 15) is 0 Å². The molecule has 1 aromatic carbocycles. The van der Waals surface area contributed by atoms with Crippen molar-refractivity contribution < 1.29 is 4.74 Å². The highest BCUT2D eigenvalue weighted by molar-refractivity contribution is 5.31. The molecule has 3 unspecified atom stereocenters. The normalized spacial score (nSPS) is 29.3. The van der Waals surface area contributed by atoms with Crippen molar-refractivity contribution in [3.63, 3.8) is 0 Å². The third kappa shape index (κ3) is 2.04. The number of ether oxygens (including phenoxy) is 1. The molecule has 4 heteroatoms. The van der Waals surface area contributed by atoms with Crippen molar-refractivity contribution in [1.82, 2.24) is 10.9 Å². The van der Waals surface area contributed by atoms with Crippen LogP contribution >= 0.6 is 0 Å². The van der Waals surface area contributed by atoms with E-state index in [1.165, 1.54) is 5.56 Å². The Kier molecular flexibility index (Phi) is 3.43. The van der Waals surface area contributed by atoms with Gasteiger partial charge >= 0.3 is 0 Å². The zero-order chi connectivity index (χ0) is 11.5. The SMILES string of the molecule is CCC1NNC(N)C1c1ccc(OC)cc1. The quantitative estimate of drug-likeness (QED) is 0.711. The fourth-order valence-corrected chi connectivity index (χ4v) is 2.25. The summed E-state index contributed by atoms with van der Waals surface area (Å²) in [4.78, 5) is 0. The number of nitrogens with one attached hydrogen (secondary N) is 2. The average molecular weight is 221 g/mol. The first-order valence-corrected chi connectivity index (χ1v) is 5.67. The molecule has 0 radical (unpaired) electrons. The summed E-state index contributed by atoms with van der Waals surface area (Å²) in [5.41, 5.74) is 13.6. The first-order chi connectivity index (χ1) is 7.76. The van der Waals surface area contributed by atoms with E-state index in [-0.39, 0.29) is 6.17 Å². The van der Waals surface area contributed by atoms with E-state index in [1.807, 2.05) is 12.1 Å². The Labute approximate surface area is 96.1 Å². The summed E-state index contributed by atoms with van der Waals surface area (Å²) in [6, 6.07) is 8.52. The van der Waals surface area contributed by atoms with Crippen molar-refractivity contribution in [3.05, 3.63) is 29.8 Å². The summed E-state index contributed by atoms with van der Waals surface area (Å²) < 4.78 is 5.15. The first kappa shape index (κ1) is 11.4. The molecule has 1 aliphatic rings. The van der Waals surface area contributed by atoms with E-state index in [4.69, 9.17) is 10.5 Å². The summed E-state index contributed by atoms with van der Waals surface area (Å²) in [7, 11) is 1.67. The van der Waals surface area contributed by atoms with Gasteiger partial charge in [-0.3, -0.25) is 5.43 Å². The molecule has 1 saturated heterocycles. The van der Waals surface area contributed by atoms with Gasteiger partial charge in [-0.2, -0.15) is 0 Å². The number of benzene rings is 1. The minimum atomic E-state index is -0.0293. The second kappa shape index (κ2) is 4.82. The molecule has 4 N–H and O–H groups in total. The van der Waals surface area contributed by atoms with Crippen molar-refractivity contribution in [2.75, 3.05) is 7.11 Å². The minimum absolute atomic E-state index is 0.0293. The average Bonchev–Trinajstić information content (AvgIpc) is 2.70. The molecule has 3 atom stereocenters. The maximum Gasteiger partial charge on any atom is 0.118 e. The molecule has 0 amide bonds. The van der Waals surface area contributed by atoms with E-state index >= 15 is 0 Å². The van der Waals surface area contributed by atoms with Gasteiger partial charge in [-0.25, -0.2) is 5.43 Å². The summed E-state index contributed by atoms with van der Waals surface area (Å²) in [6.07, 6.45) is 1.02. The van der Waals surface area contributed by atoms with Crippen LogP contribution in [0.2, 0.25) is 0 Å². The van der Waals surface area contributed by atoms with Crippen LogP contribution in [0.5, 0.6) is 5.75 Å². The van der Waals surface area contributed by atoms with E-state index in [0.29, 0.717) is 12.0 Å². The third-order valence-corrected chi connectivity index (χ3v) is 3.20. The number of hydrogen-bond donors (Lipinski definition) is 3. The molecule has 2 rings (SSSR count). The maximum absolute atomic E-state index is 6.04. The molecule has 0 spiro atoms. The number of hydrazine groups is 1. The minimum Gasteiger partial charge on any atom is -0.497 e. The summed E-state index contributed by atoms with van der Waals surface area (Å²) in [6.45, 7) is 2.16. The highest BCUT2D eigenvalue weighted by atomic mass is 16.5. The van der Waals surface area contributed by atoms with Gasteiger partial charge in [-0.15, -0.1) is 0 Å². The number of rotatable bonds is 3. The monoisotopic (exact) mass is 221 g/mol. The summed E-state index contributed by atoms with van der Waals surface area (Å²) in [5.74, 6) is 1.19. The Morgan fingerprint density at radius 3 is 2.50 bits per heavy atom. The lowest BCUT2D eigenvalue weighted by atomic mass is 9.89. The molecular weight excluding hydrogens is 202 g/mol. The Bertz CT molecular complexity index is 339. The molecule has 0 bridgehead atoms. The smallest absolute Gasteiger partial charge is 0.118 e. The van der Waals surface area contributed by atoms with Crippen LogP contribution in [0.25, 0.3) is 0 Å². The van der Waals surface area contributed by atoms with Crippen molar-refractivity contribution in [2.24, 2.45) is 5.73 Å². The van der Waals surface area contributed by atoms with Crippen molar-refractivity contribution in [1.29, 1.82) is 0 Å². The van der Waals surface area contributed by atoms with Crippen LogP contribution < -0.4 is 21.3 Å². The Hall–Kier alpha value is -1.10. The largest absolute Gasteiger partial charge is 0.497 e. The highest BCUT2D eigenvalue weighted by Gasteiger charge is 2.33. The second-order valence-corrected chi connectivity index (χ2v) is 4.13. The molecule has 0 aromatic heterocycles. The fraction of sp³-hybridized carbons (Fsp3) is 0.500. The Morgan fingerprint density at radius 2 is 1.94 bits per heavy atom. The molecule has 0 saturated carbocycles. The van der Waals surface area contributed by atoms with Crippen LogP contribution in [0.1, 0.15) is 24.8 Å². The van der Waals surface area contributed by atoms with Gasteiger partial charge in [0, 0.05) is 12.0 Å². The van der Waals surface area contributed by atoms with Crippen molar-refractivity contribution in [3.8, 4) is 5.75 Å². The van der Waals surface area contributed by atoms with E-state index in [1.54, 1.807) is 7.11 Å². The number of hydrogen-bond acceptors (Lipinski definition) is 4. The standard InChI is InChI=1S/C12H19N3O/c1-3-10-11(12(13)15-14-10)8-4-6-9(16-2)7-5-8/h4-7,10-12,14-15H,3,13H2,1-2H3. The first-order valence-electron chi connectivity index (χ1n) is 5.67. The molecule has 1 fully saturated rings. The lowest BCUT2D eigenvalue weighted by molar-refractivity contribution is 0.414. The molecule has 1 heterocycles. The Morgan fingerprint density at radius 1 is 1.25 bits per heavy atom. The zero-order valence-corrected chi connectivity index (χ0v) is 9.73. The van der Waals surface area contributed by atoms with Crippen LogP contribution in [0.15, 0.2) is 24.3 Å². The highest BCUT2D eigenvalue weighted by Crippen LogP contribution is 2.28. The lowest BCUT2D eigenvalue weighted by Crippen LogP contribution is -2.38. The van der Waals surface area contributed by atoms with Crippen LogP contribution in [0.4, 0.5) is 0 Å². The zero-order valence-electron chi connectivity index (χ0n) is 9.73. The van der Waals surface area contributed by atoms with E-state index < -0.39 is 0 Å². The predicted octanol–water partition coefficient (Wildman–Crippen LogP) is 0.950. The molecule has 0 aliphatic carbocycles. The Balaban J connectivity index is 2.21.